The normalized spacial score (nSPS) is 11.2. The molecular formula is C21H20N4O3. The highest BCUT2D eigenvalue weighted by molar-refractivity contribution is 5.81. The van der Waals surface area contributed by atoms with Crippen molar-refractivity contribution in [2.75, 3.05) is 0 Å². The van der Waals surface area contributed by atoms with Crippen LogP contribution in [0.25, 0.3) is 16.7 Å². The molecule has 2 heterocycles. The van der Waals surface area contributed by atoms with Gasteiger partial charge in [-0.2, -0.15) is 0 Å². The van der Waals surface area contributed by atoms with E-state index in [-0.39, 0.29) is 18.1 Å². The van der Waals surface area contributed by atoms with Crippen LogP contribution in [0.2, 0.25) is 0 Å². The van der Waals surface area contributed by atoms with Crippen LogP contribution in [-0.2, 0) is 29.6 Å². The van der Waals surface area contributed by atoms with E-state index >= 15 is 0 Å². The van der Waals surface area contributed by atoms with Crippen molar-refractivity contribution in [2.24, 2.45) is 7.05 Å². The van der Waals surface area contributed by atoms with Crippen LogP contribution in [0.4, 0.5) is 0 Å². The zero-order valence-corrected chi connectivity index (χ0v) is 15.8. The third kappa shape index (κ3) is 3.26. The highest BCUT2D eigenvalue weighted by atomic mass is 16.5. The number of fused-ring (bicyclic) bond motifs is 3. The molecule has 4 aromatic rings. The molecule has 0 fully saturated rings. The number of ether oxygens (including phenoxy) is 1. The van der Waals surface area contributed by atoms with Gasteiger partial charge in [0.25, 0.3) is 5.56 Å². The summed E-state index contributed by atoms with van der Waals surface area (Å²) in [5.74, 6) is 0.592. The smallest absolute Gasteiger partial charge is 0.306 e. The molecule has 0 aliphatic carbocycles. The molecule has 0 spiro atoms. The van der Waals surface area contributed by atoms with Crippen molar-refractivity contribution in [3.05, 3.63) is 75.8 Å². The Morgan fingerprint density at radius 1 is 1.11 bits per heavy atom. The maximum Gasteiger partial charge on any atom is 0.306 e. The van der Waals surface area contributed by atoms with E-state index in [9.17, 15) is 9.59 Å². The molecule has 4 rings (SSSR count). The summed E-state index contributed by atoms with van der Waals surface area (Å²) in [4.78, 5) is 24.7. The van der Waals surface area contributed by atoms with E-state index in [0.717, 1.165) is 11.1 Å². The SMILES string of the molecule is Cc1ccc2c(c1)c(=O)n(C)c1nnc(COC(=O)CCc3ccccc3)n21. The van der Waals surface area contributed by atoms with Gasteiger partial charge in [0, 0.05) is 13.5 Å². The number of aromatic nitrogens is 4. The first-order valence-corrected chi connectivity index (χ1v) is 9.07. The van der Waals surface area contributed by atoms with Gasteiger partial charge in [0.2, 0.25) is 5.78 Å². The molecule has 7 nitrogen and oxygen atoms in total. The Balaban J connectivity index is 1.58. The average Bonchev–Trinajstić information content (AvgIpc) is 3.14. The summed E-state index contributed by atoms with van der Waals surface area (Å²) in [5, 5.41) is 8.82. The molecule has 28 heavy (non-hydrogen) atoms. The number of hydrogen-bond acceptors (Lipinski definition) is 5. The Labute approximate surface area is 161 Å². The lowest BCUT2D eigenvalue weighted by atomic mass is 10.1. The van der Waals surface area contributed by atoms with Crippen LogP contribution >= 0.6 is 0 Å². The van der Waals surface area contributed by atoms with Gasteiger partial charge in [-0.25, -0.2) is 0 Å². The quantitative estimate of drug-likeness (QED) is 0.500. The Bertz CT molecular complexity index is 1230. The van der Waals surface area contributed by atoms with Gasteiger partial charge in [0.15, 0.2) is 12.4 Å². The second-order valence-electron chi connectivity index (χ2n) is 6.78. The van der Waals surface area contributed by atoms with E-state index in [1.807, 2.05) is 55.5 Å². The van der Waals surface area contributed by atoms with Crippen molar-refractivity contribution in [1.29, 1.82) is 0 Å². The lowest BCUT2D eigenvalue weighted by Crippen LogP contribution is -2.20. The zero-order chi connectivity index (χ0) is 19.7. The molecule has 2 aromatic carbocycles. The number of aryl methyl sites for hydroxylation is 3. The maximum absolute atomic E-state index is 12.6. The second-order valence-corrected chi connectivity index (χ2v) is 6.78. The van der Waals surface area contributed by atoms with E-state index in [4.69, 9.17) is 4.74 Å². The van der Waals surface area contributed by atoms with Crippen LogP contribution in [-0.4, -0.2) is 25.1 Å². The molecule has 0 saturated heterocycles. The summed E-state index contributed by atoms with van der Waals surface area (Å²) in [5.41, 5.74) is 2.64. The molecule has 0 bridgehead atoms. The second kappa shape index (κ2) is 7.26. The van der Waals surface area contributed by atoms with Gasteiger partial charge in [0.1, 0.15) is 0 Å². The molecule has 0 radical (unpaired) electrons. The fraction of sp³-hybridized carbons (Fsp3) is 0.238. The first kappa shape index (κ1) is 17.9. The van der Waals surface area contributed by atoms with Crippen LogP contribution < -0.4 is 5.56 Å². The predicted octanol–water partition coefficient (Wildman–Crippen LogP) is 2.57. The number of nitrogens with zero attached hydrogens (tertiary/aromatic N) is 4. The van der Waals surface area contributed by atoms with Gasteiger partial charge < -0.3 is 4.74 Å². The highest BCUT2D eigenvalue weighted by Gasteiger charge is 2.16. The van der Waals surface area contributed by atoms with E-state index in [2.05, 4.69) is 10.2 Å². The van der Waals surface area contributed by atoms with Crippen LogP contribution in [0.1, 0.15) is 23.4 Å². The standard InChI is InChI=1S/C21H20N4O3/c1-14-8-10-17-16(12-14)20(27)24(2)21-23-22-18(25(17)21)13-28-19(26)11-9-15-6-4-3-5-7-15/h3-8,10,12H,9,11,13H2,1-2H3. The molecule has 0 amide bonds. The summed E-state index contributed by atoms with van der Waals surface area (Å²) < 4.78 is 8.63. The molecule has 0 saturated carbocycles. The van der Waals surface area contributed by atoms with E-state index in [1.54, 1.807) is 11.4 Å². The van der Waals surface area contributed by atoms with Gasteiger partial charge in [-0.3, -0.25) is 18.6 Å². The van der Waals surface area contributed by atoms with Crippen molar-refractivity contribution in [2.45, 2.75) is 26.4 Å². The molecule has 0 unspecified atom stereocenters. The molecule has 0 atom stereocenters. The number of benzene rings is 2. The van der Waals surface area contributed by atoms with Gasteiger partial charge in [-0.1, -0.05) is 42.0 Å². The minimum absolute atomic E-state index is 0.00400. The number of rotatable bonds is 5. The summed E-state index contributed by atoms with van der Waals surface area (Å²) in [6.45, 7) is 1.93. The van der Waals surface area contributed by atoms with Gasteiger partial charge in [-0.15, -0.1) is 10.2 Å². The third-order valence-electron chi connectivity index (χ3n) is 4.76. The minimum Gasteiger partial charge on any atom is -0.457 e. The average molecular weight is 376 g/mol. The third-order valence-corrected chi connectivity index (χ3v) is 4.76. The number of hydrogen-bond donors (Lipinski definition) is 0. The fourth-order valence-electron chi connectivity index (χ4n) is 3.26. The molecule has 2 aromatic heterocycles. The van der Waals surface area contributed by atoms with Crippen molar-refractivity contribution >= 4 is 22.6 Å². The molecule has 0 aliphatic heterocycles. The Hall–Kier alpha value is -3.48. The first-order chi connectivity index (χ1) is 13.5. The van der Waals surface area contributed by atoms with Gasteiger partial charge >= 0.3 is 5.97 Å². The van der Waals surface area contributed by atoms with Gasteiger partial charge in [-0.05, 0) is 31.0 Å². The number of carbonyl (C=O) groups excluding carboxylic acids is 1. The molecule has 7 heteroatoms. The summed E-state index contributed by atoms with van der Waals surface area (Å²) in [6, 6.07) is 15.4. The Kier molecular flexibility index (Phi) is 4.65. The van der Waals surface area contributed by atoms with E-state index in [0.29, 0.717) is 35.3 Å². The zero-order valence-electron chi connectivity index (χ0n) is 15.8. The lowest BCUT2D eigenvalue weighted by Gasteiger charge is -2.09. The van der Waals surface area contributed by atoms with Crippen LogP contribution in [0.15, 0.2) is 53.3 Å². The monoisotopic (exact) mass is 376 g/mol. The van der Waals surface area contributed by atoms with Crippen LogP contribution in [0.3, 0.4) is 0 Å². The number of carbonyl (C=O) groups is 1. The minimum atomic E-state index is -0.300. The van der Waals surface area contributed by atoms with E-state index < -0.39 is 0 Å². The topological polar surface area (TPSA) is 78.5 Å². The van der Waals surface area contributed by atoms with Crippen LogP contribution in [0, 0.1) is 6.92 Å². The van der Waals surface area contributed by atoms with Crippen molar-refractivity contribution in [3.63, 3.8) is 0 Å². The highest BCUT2D eigenvalue weighted by Crippen LogP contribution is 2.16. The largest absolute Gasteiger partial charge is 0.457 e. The molecule has 0 N–H and O–H groups in total. The van der Waals surface area contributed by atoms with E-state index in [1.165, 1.54) is 4.57 Å². The maximum atomic E-state index is 12.6. The molecular weight excluding hydrogens is 356 g/mol. The molecule has 142 valence electrons. The van der Waals surface area contributed by atoms with Crippen molar-refractivity contribution < 1.29 is 9.53 Å². The predicted molar refractivity (Wildman–Crippen MR) is 105 cm³/mol. The van der Waals surface area contributed by atoms with Crippen molar-refractivity contribution in [1.82, 2.24) is 19.2 Å². The summed E-state index contributed by atoms with van der Waals surface area (Å²) in [7, 11) is 1.66. The number of esters is 1. The van der Waals surface area contributed by atoms with Gasteiger partial charge in [0.05, 0.1) is 10.9 Å². The summed E-state index contributed by atoms with van der Waals surface area (Å²) in [6.07, 6.45) is 0.913. The lowest BCUT2D eigenvalue weighted by molar-refractivity contribution is -0.145. The molecule has 0 aliphatic rings. The Morgan fingerprint density at radius 3 is 2.68 bits per heavy atom. The van der Waals surface area contributed by atoms with Crippen molar-refractivity contribution in [3.8, 4) is 0 Å². The fourth-order valence-corrected chi connectivity index (χ4v) is 3.26. The van der Waals surface area contributed by atoms with Crippen LogP contribution in [0.5, 0.6) is 0 Å². The first-order valence-electron chi connectivity index (χ1n) is 9.07. The Morgan fingerprint density at radius 2 is 1.89 bits per heavy atom. The summed E-state index contributed by atoms with van der Waals surface area (Å²) >= 11 is 0.